The molecule has 2 aromatic rings. The first-order chi connectivity index (χ1) is 9.63. The lowest BCUT2D eigenvalue weighted by molar-refractivity contribution is -0.0244. The molecule has 0 aromatic carbocycles. The Bertz CT molecular complexity index is 661. The average molecular weight is 389 g/mol. The molecule has 0 amide bonds. The molecule has 8 nitrogen and oxygen atoms in total. The maximum Gasteiger partial charge on any atom is 0.167 e. The van der Waals surface area contributed by atoms with Gasteiger partial charge in [0.2, 0.25) is 0 Å². The van der Waals surface area contributed by atoms with Crippen molar-refractivity contribution in [2.24, 2.45) is 0 Å². The summed E-state index contributed by atoms with van der Waals surface area (Å²) >= 11 is 2.02. The van der Waals surface area contributed by atoms with Gasteiger partial charge in [-0.15, -0.1) is 0 Å². The molecule has 4 N–H and O–H groups in total. The second-order valence-electron chi connectivity index (χ2n) is 4.37. The normalized spacial score (nSPS) is 30.6. The molecule has 0 radical (unpaired) electrons. The summed E-state index contributed by atoms with van der Waals surface area (Å²) < 4.78 is 8.92. The molecular weight excluding hydrogens is 377 g/mol. The van der Waals surface area contributed by atoms with Crippen LogP contribution in [-0.4, -0.2) is 48.0 Å². The second-order valence-corrected chi connectivity index (χ2v) is 5.09. The number of aromatic nitrogens is 4. The highest BCUT2D eigenvalue weighted by atomic mass is 127. The second kappa shape index (κ2) is 5.24. The van der Waals surface area contributed by atoms with Gasteiger partial charge in [-0.05, 0) is 10.2 Å². The fraction of sp³-hybridized carbons (Fsp3) is 0.364. The minimum atomic E-state index is -1.08. The predicted molar refractivity (Wildman–Crippen MR) is 78.8 cm³/mol. The number of aliphatic hydroxyl groups excluding tert-OH is 2. The van der Waals surface area contributed by atoms with E-state index < -0.39 is 24.5 Å². The predicted octanol–water partition coefficient (Wildman–Crippen LogP) is -0.0236. The van der Waals surface area contributed by atoms with Crippen LogP contribution in [0, 0.1) is 0 Å². The molecular formula is C11H12IN5O3. The first-order valence-corrected chi connectivity index (χ1v) is 7.09. The van der Waals surface area contributed by atoms with Crippen LogP contribution in [0.3, 0.4) is 0 Å². The standard InChI is InChI=1S/C11H12IN5O3/c12-2-1-5-7(18)8(19)11(20-5)17-4-16-6-9(13)14-3-15-10(6)17/h1-5,7-8,11,18-19H,(H2,13,14,15)/b2-1+. The number of aliphatic hydroxyl groups is 2. The Hall–Kier alpha value is -1.30. The van der Waals surface area contributed by atoms with Crippen LogP contribution in [0.1, 0.15) is 6.23 Å². The fourth-order valence-corrected chi connectivity index (χ4v) is 2.61. The van der Waals surface area contributed by atoms with Gasteiger partial charge in [-0.2, -0.15) is 0 Å². The van der Waals surface area contributed by atoms with Crippen molar-refractivity contribution >= 4 is 39.6 Å². The minimum absolute atomic E-state index is 0.255. The summed E-state index contributed by atoms with van der Waals surface area (Å²) in [4.78, 5) is 12.1. The minimum Gasteiger partial charge on any atom is -0.387 e. The van der Waals surface area contributed by atoms with E-state index >= 15 is 0 Å². The highest BCUT2D eigenvalue weighted by Gasteiger charge is 2.43. The Labute approximate surface area is 127 Å². The number of nitrogen functional groups attached to an aromatic ring is 1. The number of fused-ring (bicyclic) bond motifs is 1. The third-order valence-corrected chi connectivity index (χ3v) is 3.61. The molecule has 106 valence electrons. The zero-order valence-corrected chi connectivity index (χ0v) is 12.3. The Morgan fingerprint density at radius 2 is 2.10 bits per heavy atom. The van der Waals surface area contributed by atoms with Crippen LogP contribution < -0.4 is 5.73 Å². The molecule has 1 saturated heterocycles. The van der Waals surface area contributed by atoms with Crippen molar-refractivity contribution in [3.63, 3.8) is 0 Å². The first kappa shape index (κ1) is 13.7. The third kappa shape index (κ3) is 2.06. The van der Waals surface area contributed by atoms with Gasteiger partial charge >= 0.3 is 0 Å². The number of anilines is 1. The van der Waals surface area contributed by atoms with E-state index in [0.29, 0.717) is 11.2 Å². The smallest absolute Gasteiger partial charge is 0.167 e. The molecule has 1 aliphatic rings. The van der Waals surface area contributed by atoms with Gasteiger partial charge in [0, 0.05) is 0 Å². The van der Waals surface area contributed by atoms with Crippen molar-refractivity contribution in [3.05, 3.63) is 22.8 Å². The van der Waals surface area contributed by atoms with E-state index in [2.05, 4.69) is 15.0 Å². The van der Waals surface area contributed by atoms with Crippen molar-refractivity contribution in [1.29, 1.82) is 0 Å². The van der Waals surface area contributed by atoms with E-state index in [1.807, 2.05) is 22.6 Å². The largest absolute Gasteiger partial charge is 0.387 e. The van der Waals surface area contributed by atoms with Crippen LogP contribution in [0.15, 0.2) is 22.8 Å². The van der Waals surface area contributed by atoms with Gasteiger partial charge < -0.3 is 20.7 Å². The maximum atomic E-state index is 10.1. The number of ether oxygens (including phenoxy) is 1. The van der Waals surface area contributed by atoms with Gasteiger partial charge in [-0.1, -0.05) is 22.6 Å². The van der Waals surface area contributed by atoms with Crippen LogP contribution in [0.5, 0.6) is 0 Å². The molecule has 9 heteroatoms. The van der Waals surface area contributed by atoms with Crippen LogP contribution in [0.4, 0.5) is 5.82 Å². The van der Waals surface area contributed by atoms with Crippen LogP contribution in [0.25, 0.3) is 11.2 Å². The van der Waals surface area contributed by atoms with Crippen molar-refractivity contribution in [2.45, 2.75) is 24.5 Å². The molecule has 0 spiro atoms. The quantitative estimate of drug-likeness (QED) is 0.618. The van der Waals surface area contributed by atoms with Gasteiger partial charge in [-0.25, -0.2) is 15.0 Å². The fourth-order valence-electron chi connectivity index (χ4n) is 2.20. The molecule has 0 saturated carbocycles. The molecule has 1 fully saturated rings. The maximum absolute atomic E-state index is 10.1. The van der Waals surface area contributed by atoms with Gasteiger partial charge in [0.15, 0.2) is 17.7 Å². The van der Waals surface area contributed by atoms with Crippen LogP contribution in [-0.2, 0) is 4.74 Å². The van der Waals surface area contributed by atoms with Crippen molar-refractivity contribution in [1.82, 2.24) is 19.5 Å². The van der Waals surface area contributed by atoms with Gasteiger partial charge in [0.25, 0.3) is 0 Å². The SMILES string of the molecule is Nc1ncnc2c1ncn2C1OC(/C=C/I)C(O)C1O. The first-order valence-electron chi connectivity index (χ1n) is 5.85. The molecule has 2 aromatic heterocycles. The molecule has 3 rings (SSSR count). The van der Waals surface area contributed by atoms with Crippen LogP contribution in [0.2, 0.25) is 0 Å². The Morgan fingerprint density at radius 3 is 2.85 bits per heavy atom. The Balaban J connectivity index is 2.02. The number of nitrogens with zero attached hydrogens (tertiary/aromatic N) is 4. The summed E-state index contributed by atoms with van der Waals surface area (Å²) in [6.07, 6.45) is 1.01. The van der Waals surface area contributed by atoms with E-state index in [9.17, 15) is 10.2 Å². The van der Waals surface area contributed by atoms with E-state index in [4.69, 9.17) is 10.5 Å². The zero-order valence-electron chi connectivity index (χ0n) is 10.2. The van der Waals surface area contributed by atoms with E-state index in [0.717, 1.165) is 0 Å². The van der Waals surface area contributed by atoms with Gasteiger partial charge in [0.05, 0.1) is 6.33 Å². The topological polar surface area (TPSA) is 119 Å². The summed E-state index contributed by atoms with van der Waals surface area (Å²) in [5.74, 6) is 0.255. The summed E-state index contributed by atoms with van der Waals surface area (Å²) in [7, 11) is 0. The molecule has 3 heterocycles. The molecule has 0 bridgehead atoms. The number of hydrogen-bond donors (Lipinski definition) is 3. The van der Waals surface area contributed by atoms with Gasteiger partial charge in [0.1, 0.15) is 30.2 Å². The molecule has 4 atom stereocenters. The number of nitrogens with two attached hydrogens (primary N) is 1. The van der Waals surface area contributed by atoms with E-state index in [-0.39, 0.29) is 5.82 Å². The molecule has 4 unspecified atom stereocenters. The highest BCUT2D eigenvalue weighted by Crippen LogP contribution is 2.32. The summed E-state index contributed by atoms with van der Waals surface area (Å²) in [6.45, 7) is 0. The summed E-state index contributed by atoms with van der Waals surface area (Å²) in [5.41, 5.74) is 6.60. The van der Waals surface area contributed by atoms with Crippen molar-refractivity contribution in [2.75, 3.05) is 5.73 Å². The summed E-state index contributed by atoms with van der Waals surface area (Å²) in [6, 6.07) is 0. The average Bonchev–Trinajstić information content (AvgIpc) is 2.97. The molecule has 20 heavy (non-hydrogen) atoms. The Kier molecular flexibility index (Phi) is 3.58. The molecule has 0 aliphatic carbocycles. The third-order valence-electron chi connectivity index (χ3n) is 3.20. The zero-order chi connectivity index (χ0) is 14.3. The number of imidazole rings is 1. The van der Waals surface area contributed by atoms with Crippen molar-refractivity contribution < 1.29 is 14.9 Å². The lowest BCUT2D eigenvalue weighted by Gasteiger charge is -2.16. The van der Waals surface area contributed by atoms with Crippen LogP contribution >= 0.6 is 22.6 Å². The number of halogens is 1. The molecule has 1 aliphatic heterocycles. The number of hydrogen-bond acceptors (Lipinski definition) is 7. The monoisotopic (exact) mass is 389 g/mol. The highest BCUT2D eigenvalue weighted by molar-refractivity contribution is 14.1. The summed E-state index contributed by atoms with van der Waals surface area (Å²) in [5, 5.41) is 20.1. The number of rotatable bonds is 2. The lowest BCUT2D eigenvalue weighted by Crippen LogP contribution is -2.30. The van der Waals surface area contributed by atoms with Gasteiger partial charge in [-0.3, -0.25) is 4.57 Å². The van der Waals surface area contributed by atoms with E-state index in [1.54, 1.807) is 14.7 Å². The van der Waals surface area contributed by atoms with E-state index in [1.165, 1.54) is 12.7 Å². The Morgan fingerprint density at radius 1 is 1.30 bits per heavy atom. The lowest BCUT2D eigenvalue weighted by atomic mass is 10.1. The van der Waals surface area contributed by atoms with Crippen molar-refractivity contribution in [3.8, 4) is 0 Å².